The molecule has 0 N–H and O–H groups in total. The predicted octanol–water partition coefficient (Wildman–Crippen LogP) is -4.36. The molecule has 0 aromatic rings. The molecule has 0 aliphatic rings. The zero-order valence-corrected chi connectivity index (χ0v) is 7.77. The Labute approximate surface area is 111 Å². The van der Waals surface area contributed by atoms with Gasteiger partial charge >= 0.3 is 62.7 Å². The fraction of sp³-hybridized carbons (Fsp3) is 0. The van der Waals surface area contributed by atoms with Crippen LogP contribution in [0.3, 0.4) is 0 Å². The van der Waals surface area contributed by atoms with Crippen LogP contribution >= 0.6 is 13.5 Å². The Morgan fingerprint density at radius 2 is 1.00 bits per heavy atom. The van der Waals surface area contributed by atoms with Gasteiger partial charge in [0.2, 0.25) is 0 Å². The van der Waals surface area contributed by atoms with Crippen molar-refractivity contribution < 1.29 is 19.5 Å². The monoisotopic (exact) mass is 400 g/mol. The minimum absolute atomic E-state index is 0. The van der Waals surface area contributed by atoms with Gasteiger partial charge in [0, 0.05) is 19.5 Å². The average molecular weight is 401 g/mol. The van der Waals surface area contributed by atoms with Crippen molar-refractivity contribution >= 4 is 93.6 Å². The summed E-state index contributed by atoms with van der Waals surface area (Å²) in [6.45, 7) is 0. The van der Waals surface area contributed by atoms with E-state index in [2.05, 4.69) is 0 Å². The molecule has 0 nitrogen and oxygen atoms in total. The SMILES string of the molecule is S.[AlH3].[GaH3].[InH3].[SeH2].[Zn]. The minimum Gasteiger partial charge on any atom is 0 e. The molecule has 0 spiro atoms. The molecule has 36 valence electrons. The first kappa shape index (κ1) is 55.6. The maximum atomic E-state index is 0. The summed E-state index contributed by atoms with van der Waals surface area (Å²) in [7, 11) is 0. The Morgan fingerprint density at radius 1 is 1.00 bits per heavy atom. The minimum atomic E-state index is 0. The van der Waals surface area contributed by atoms with Gasteiger partial charge in [0.15, 0.2) is 17.4 Å². The summed E-state index contributed by atoms with van der Waals surface area (Å²) >= 11 is 0. The van der Waals surface area contributed by atoms with Crippen LogP contribution in [0.1, 0.15) is 0 Å². The Balaban J connectivity index is 0. The van der Waals surface area contributed by atoms with E-state index in [4.69, 9.17) is 0 Å². The molecule has 6 heteroatoms. The van der Waals surface area contributed by atoms with Gasteiger partial charge in [0.1, 0.15) is 0 Å². The molecule has 0 atom stereocenters. The quantitative estimate of drug-likeness (QED) is 0.361. The van der Waals surface area contributed by atoms with Crippen molar-refractivity contribution in [2.45, 2.75) is 0 Å². The van der Waals surface area contributed by atoms with Gasteiger partial charge < -0.3 is 0 Å². The van der Waals surface area contributed by atoms with Crippen molar-refractivity contribution in [2.24, 2.45) is 0 Å². The summed E-state index contributed by atoms with van der Waals surface area (Å²) in [6.07, 6.45) is 0. The van der Waals surface area contributed by atoms with Gasteiger partial charge in [0.05, 0.1) is 0 Å². The largest absolute Gasteiger partial charge is 0 e. The molecule has 0 aliphatic heterocycles. The summed E-state index contributed by atoms with van der Waals surface area (Å²) < 4.78 is 0. The summed E-state index contributed by atoms with van der Waals surface area (Å²) in [5.74, 6) is 0. The van der Waals surface area contributed by atoms with Crippen LogP contribution in [0.2, 0.25) is 0 Å². The van der Waals surface area contributed by atoms with E-state index in [0.717, 1.165) is 0 Å². The Hall–Kier alpha value is 3.53. The molecular weight excluding hydrogens is 388 g/mol. The normalized spacial score (nSPS) is 0. The number of hydrogen-bond acceptors (Lipinski definition) is 0. The topological polar surface area (TPSA) is 0 Å². The zero-order valence-electron chi connectivity index (χ0n) is 1.71. The van der Waals surface area contributed by atoms with E-state index < -0.39 is 0 Å². The van der Waals surface area contributed by atoms with Gasteiger partial charge in [-0.15, -0.1) is 0 Å². The molecule has 0 unspecified atom stereocenters. The molecule has 0 amide bonds. The molecule has 0 rings (SSSR count). The molecule has 0 fully saturated rings. The molecule has 0 aromatic carbocycles. The van der Waals surface area contributed by atoms with E-state index in [1.807, 2.05) is 0 Å². The Bertz CT molecular complexity index is 15.5. The van der Waals surface area contributed by atoms with Crippen LogP contribution in [0.5, 0.6) is 0 Å². The van der Waals surface area contributed by atoms with Crippen molar-refractivity contribution in [3.63, 3.8) is 0 Å². The fourth-order valence-corrected chi connectivity index (χ4v) is 0. The first-order chi connectivity index (χ1) is 0. The fourth-order valence-electron chi connectivity index (χ4n) is 0. The van der Waals surface area contributed by atoms with Crippen LogP contribution in [0.25, 0.3) is 0 Å². The maximum absolute atomic E-state index is 0. The smallest absolute Gasteiger partial charge is 0 e. The van der Waals surface area contributed by atoms with E-state index in [9.17, 15) is 0 Å². The average Bonchev–Trinajstić information content (AvgIpc) is 0. The first-order valence-electron chi connectivity index (χ1n) is 0. The van der Waals surface area contributed by atoms with Crippen molar-refractivity contribution in [2.75, 3.05) is 0 Å². The third-order valence-corrected chi connectivity index (χ3v) is 0. The van der Waals surface area contributed by atoms with Crippen molar-refractivity contribution in [3.05, 3.63) is 0 Å². The molecule has 6 heavy (non-hydrogen) atoms. The van der Waals surface area contributed by atoms with Crippen LogP contribution in [0, 0.1) is 0 Å². The van der Waals surface area contributed by atoms with Gasteiger partial charge in [-0.25, -0.2) is 0 Å². The Morgan fingerprint density at radius 3 is 1.00 bits per heavy atom. The number of rotatable bonds is 0. The molecule has 0 aliphatic carbocycles. The van der Waals surface area contributed by atoms with Gasteiger partial charge in [-0.3, -0.25) is 0 Å². The first-order valence-corrected chi connectivity index (χ1v) is 0. The van der Waals surface area contributed by atoms with Crippen LogP contribution in [0.15, 0.2) is 0 Å². The predicted molar refractivity (Wildman–Crippen MR) is 48.7 cm³/mol. The molecule has 0 saturated heterocycles. The summed E-state index contributed by atoms with van der Waals surface area (Å²) in [5, 5.41) is 0. The van der Waals surface area contributed by atoms with E-state index in [0.29, 0.717) is 0 Å². The molecule has 0 bridgehead atoms. The molecule has 0 heterocycles. The van der Waals surface area contributed by atoms with Crippen LogP contribution in [0.4, 0.5) is 0 Å². The molecule has 0 saturated carbocycles. The maximum Gasteiger partial charge on any atom is 0 e. The second-order valence-corrected chi connectivity index (χ2v) is 0. The second-order valence-electron chi connectivity index (χ2n) is 0. The van der Waals surface area contributed by atoms with E-state index in [-0.39, 0.29) is 113 Å². The zero-order chi connectivity index (χ0) is 0. The summed E-state index contributed by atoms with van der Waals surface area (Å²) in [6, 6.07) is 0. The van der Waals surface area contributed by atoms with Crippen molar-refractivity contribution in [1.82, 2.24) is 0 Å². The summed E-state index contributed by atoms with van der Waals surface area (Å²) in [4.78, 5) is 0. The van der Waals surface area contributed by atoms with Crippen LogP contribution in [-0.4, -0.2) is 80.1 Å². The van der Waals surface area contributed by atoms with Gasteiger partial charge in [-0.2, -0.15) is 13.5 Å². The van der Waals surface area contributed by atoms with Crippen molar-refractivity contribution in [1.29, 1.82) is 0 Å². The third kappa shape index (κ3) is 25.8. The van der Waals surface area contributed by atoms with Crippen LogP contribution < -0.4 is 0 Å². The molecule has 0 aromatic heterocycles. The van der Waals surface area contributed by atoms with Crippen LogP contribution in [-0.2, 0) is 19.5 Å². The molecule has 0 radical (unpaired) electrons. The molecular formula is H13AlGaInSSeZn. The van der Waals surface area contributed by atoms with E-state index in [1.165, 1.54) is 0 Å². The third-order valence-electron chi connectivity index (χ3n) is 0. The van der Waals surface area contributed by atoms with Gasteiger partial charge in [-0.05, 0) is 0 Å². The van der Waals surface area contributed by atoms with E-state index in [1.54, 1.807) is 0 Å². The van der Waals surface area contributed by atoms with E-state index >= 15 is 0 Å². The summed E-state index contributed by atoms with van der Waals surface area (Å²) in [5.41, 5.74) is 0. The standard InChI is InChI=1S/Al.Ga.In.H2S.H2Se.Zn.9H/h;;;2*1H2;;;;;;;;;;. The second kappa shape index (κ2) is 38.8. The van der Waals surface area contributed by atoms with Gasteiger partial charge in [-0.1, -0.05) is 0 Å². The van der Waals surface area contributed by atoms with Gasteiger partial charge in [0.25, 0.3) is 0 Å². The Kier molecular flexibility index (Phi) is 360. The van der Waals surface area contributed by atoms with Crippen molar-refractivity contribution in [3.8, 4) is 0 Å². The number of hydrogen-bond donors (Lipinski definition) is 0.